The van der Waals surface area contributed by atoms with Crippen LogP contribution >= 0.6 is 34.5 Å². The van der Waals surface area contributed by atoms with E-state index in [1.54, 1.807) is 18.2 Å². The smallest absolute Gasteiger partial charge is 0.261 e. The zero-order valence-electron chi connectivity index (χ0n) is 12.8. The van der Waals surface area contributed by atoms with Crippen molar-refractivity contribution in [2.75, 3.05) is 13.2 Å². The number of fused-ring (bicyclic) bond motifs is 1. The van der Waals surface area contributed by atoms with Crippen LogP contribution in [0.4, 0.5) is 0 Å². The number of aliphatic hydroxyl groups is 1. The van der Waals surface area contributed by atoms with Gasteiger partial charge in [0.15, 0.2) is 0 Å². The third kappa shape index (κ3) is 3.28. The van der Waals surface area contributed by atoms with E-state index in [-0.39, 0.29) is 19.1 Å². The van der Waals surface area contributed by atoms with Gasteiger partial charge in [0.2, 0.25) is 0 Å². The lowest BCUT2D eigenvalue weighted by molar-refractivity contribution is 0.0949. The quantitative estimate of drug-likeness (QED) is 0.708. The fraction of sp³-hybridized carbons (Fsp3) is 0.250. The molecule has 0 saturated heterocycles. The summed E-state index contributed by atoms with van der Waals surface area (Å²) < 4.78 is 1.81. The predicted octanol–water partition coefficient (Wildman–Crippen LogP) is 3.48. The monoisotopic (exact) mass is 383 g/mol. The summed E-state index contributed by atoms with van der Waals surface area (Å²) in [4.78, 5) is 13.5. The highest BCUT2D eigenvalue weighted by Crippen LogP contribution is 2.31. The standard InChI is InChI=1S/C16H15Cl2N3O2S/c1-9-10-7-14(15(23)19-5-6-22)24-16(10)21(20-9)8-11-12(17)3-2-4-13(11)18/h2-4,7,22H,5-6,8H2,1H3,(H,19,23). The van der Waals surface area contributed by atoms with Gasteiger partial charge in [0.25, 0.3) is 5.91 Å². The van der Waals surface area contributed by atoms with Gasteiger partial charge in [-0.05, 0) is 25.1 Å². The molecule has 0 aliphatic heterocycles. The first-order valence-corrected chi connectivity index (χ1v) is 8.87. The van der Waals surface area contributed by atoms with Gasteiger partial charge in [-0.3, -0.25) is 4.79 Å². The summed E-state index contributed by atoms with van der Waals surface area (Å²) in [6.45, 7) is 2.47. The van der Waals surface area contributed by atoms with Crippen LogP contribution in [0.5, 0.6) is 0 Å². The van der Waals surface area contributed by atoms with E-state index < -0.39 is 0 Å². The minimum Gasteiger partial charge on any atom is -0.395 e. The Labute approximate surface area is 152 Å². The molecule has 0 unspecified atom stereocenters. The number of rotatable bonds is 5. The summed E-state index contributed by atoms with van der Waals surface area (Å²) in [7, 11) is 0. The molecule has 2 aromatic heterocycles. The minimum atomic E-state index is -0.202. The van der Waals surface area contributed by atoms with E-state index in [0.29, 0.717) is 21.5 Å². The summed E-state index contributed by atoms with van der Waals surface area (Å²) in [5.74, 6) is -0.202. The number of aromatic nitrogens is 2. The molecule has 0 spiro atoms. The van der Waals surface area contributed by atoms with Crippen molar-refractivity contribution in [2.24, 2.45) is 0 Å². The van der Waals surface area contributed by atoms with E-state index >= 15 is 0 Å². The average Bonchev–Trinajstić information content (AvgIpc) is 3.10. The molecule has 0 fully saturated rings. The van der Waals surface area contributed by atoms with E-state index in [0.717, 1.165) is 21.5 Å². The first-order chi connectivity index (χ1) is 11.5. The lowest BCUT2D eigenvalue weighted by atomic mass is 10.2. The molecule has 126 valence electrons. The molecule has 2 heterocycles. The molecule has 5 nitrogen and oxygen atoms in total. The van der Waals surface area contributed by atoms with Crippen molar-refractivity contribution in [3.63, 3.8) is 0 Å². The Morgan fingerprint density at radius 2 is 2.08 bits per heavy atom. The van der Waals surface area contributed by atoms with Crippen LogP contribution < -0.4 is 5.32 Å². The normalized spacial score (nSPS) is 11.2. The Morgan fingerprint density at radius 1 is 1.38 bits per heavy atom. The number of aliphatic hydroxyl groups excluding tert-OH is 1. The fourth-order valence-corrected chi connectivity index (χ4v) is 4.02. The third-order valence-electron chi connectivity index (χ3n) is 3.60. The zero-order chi connectivity index (χ0) is 17.3. The Hall–Kier alpha value is -1.60. The lowest BCUT2D eigenvalue weighted by Crippen LogP contribution is -2.25. The molecule has 0 radical (unpaired) electrons. The van der Waals surface area contributed by atoms with E-state index in [1.165, 1.54) is 11.3 Å². The van der Waals surface area contributed by atoms with Gasteiger partial charge in [-0.2, -0.15) is 5.10 Å². The van der Waals surface area contributed by atoms with Gasteiger partial charge in [0, 0.05) is 27.5 Å². The summed E-state index contributed by atoms with van der Waals surface area (Å²) in [6, 6.07) is 7.20. The highest BCUT2D eigenvalue weighted by molar-refractivity contribution is 7.20. The Balaban J connectivity index is 1.97. The molecule has 0 saturated carbocycles. The van der Waals surface area contributed by atoms with Crippen molar-refractivity contribution < 1.29 is 9.90 Å². The summed E-state index contributed by atoms with van der Waals surface area (Å²) in [5, 5.41) is 18.1. The number of carbonyl (C=O) groups is 1. The molecule has 8 heteroatoms. The molecule has 0 bridgehead atoms. The lowest BCUT2D eigenvalue weighted by Gasteiger charge is -2.07. The van der Waals surface area contributed by atoms with Crippen molar-refractivity contribution in [1.82, 2.24) is 15.1 Å². The number of hydrogen-bond donors (Lipinski definition) is 2. The van der Waals surface area contributed by atoms with Crippen molar-refractivity contribution in [1.29, 1.82) is 0 Å². The van der Waals surface area contributed by atoms with Crippen molar-refractivity contribution in [2.45, 2.75) is 13.5 Å². The molecule has 0 aliphatic carbocycles. The van der Waals surface area contributed by atoms with Gasteiger partial charge < -0.3 is 10.4 Å². The zero-order valence-corrected chi connectivity index (χ0v) is 15.2. The SMILES string of the molecule is Cc1nn(Cc2c(Cl)cccc2Cl)c2sc(C(=O)NCCO)cc12. The van der Waals surface area contributed by atoms with Crippen LogP contribution in [0.3, 0.4) is 0 Å². The molecule has 3 rings (SSSR count). The van der Waals surface area contributed by atoms with Crippen LogP contribution in [-0.4, -0.2) is 33.9 Å². The maximum atomic E-state index is 12.1. The number of hydrogen-bond acceptors (Lipinski definition) is 4. The van der Waals surface area contributed by atoms with Gasteiger partial charge >= 0.3 is 0 Å². The van der Waals surface area contributed by atoms with Gasteiger partial charge in [-0.15, -0.1) is 11.3 Å². The second-order valence-electron chi connectivity index (χ2n) is 5.25. The first kappa shape index (κ1) is 17.2. The van der Waals surface area contributed by atoms with Crippen molar-refractivity contribution in [3.8, 4) is 0 Å². The molecule has 1 amide bonds. The Morgan fingerprint density at radius 3 is 2.75 bits per heavy atom. The minimum absolute atomic E-state index is 0.0888. The number of aryl methyl sites for hydroxylation is 1. The van der Waals surface area contributed by atoms with Gasteiger partial charge in [-0.1, -0.05) is 29.3 Å². The van der Waals surface area contributed by atoms with E-state index in [1.807, 2.05) is 17.7 Å². The molecule has 0 atom stereocenters. The molecule has 2 N–H and O–H groups in total. The summed E-state index contributed by atoms with van der Waals surface area (Å²) in [6.07, 6.45) is 0. The van der Waals surface area contributed by atoms with Gasteiger partial charge in [0.1, 0.15) is 4.83 Å². The van der Waals surface area contributed by atoms with Crippen LogP contribution in [0, 0.1) is 6.92 Å². The number of halogens is 2. The molecular formula is C16H15Cl2N3O2S. The second kappa shape index (κ2) is 7.11. The van der Waals surface area contributed by atoms with Gasteiger partial charge in [-0.25, -0.2) is 4.68 Å². The average molecular weight is 384 g/mol. The number of amides is 1. The predicted molar refractivity (Wildman–Crippen MR) is 97.3 cm³/mol. The molecule has 3 aromatic rings. The van der Waals surface area contributed by atoms with Crippen LogP contribution in [-0.2, 0) is 6.54 Å². The summed E-state index contributed by atoms with van der Waals surface area (Å²) >= 11 is 13.8. The number of benzene rings is 1. The number of nitrogens with one attached hydrogen (secondary N) is 1. The van der Waals surface area contributed by atoms with E-state index in [2.05, 4.69) is 10.4 Å². The number of nitrogens with zero attached hydrogens (tertiary/aromatic N) is 2. The highest BCUT2D eigenvalue weighted by Gasteiger charge is 2.17. The number of carbonyl (C=O) groups excluding carboxylic acids is 1. The third-order valence-corrected chi connectivity index (χ3v) is 5.45. The molecule has 1 aromatic carbocycles. The van der Waals surface area contributed by atoms with Crippen LogP contribution in [0.2, 0.25) is 10.0 Å². The Kier molecular flexibility index (Phi) is 5.10. The molecule has 24 heavy (non-hydrogen) atoms. The Bertz CT molecular complexity index is 884. The number of thiophene rings is 1. The van der Waals surface area contributed by atoms with Gasteiger partial charge in [0.05, 0.1) is 23.7 Å². The van der Waals surface area contributed by atoms with Crippen molar-refractivity contribution in [3.05, 3.63) is 50.4 Å². The van der Waals surface area contributed by atoms with Crippen molar-refractivity contribution >= 4 is 50.7 Å². The molecule has 0 aliphatic rings. The maximum absolute atomic E-state index is 12.1. The topological polar surface area (TPSA) is 67.2 Å². The first-order valence-electron chi connectivity index (χ1n) is 7.30. The van der Waals surface area contributed by atoms with E-state index in [9.17, 15) is 4.79 Å². The van der Waals surface area contributed by atoms with E-state index in [4.69, 9.17) is 28.3 Å². The fourth-order valence-electron chi connectivity index (χ4n) is 2.42. The molecular weight excluding hydrogens is 369 g/mol. The van der Waals surface area contributed by atoms with Crippen LogP contribution in [0.25, 0.3) is 10.2 Å². The second-order valence-corrected chi connectivity index (χ2v) is 7.10. The van der Waals surface area contributed by atoms with Crippen LogP contribution in [0.15, 0.2) is 24.3 Å². The summed E-state index contributed by atoms with van der Waals surface area (Å²) in [5.41, 5.74) is 1.63. The van der Waals surface area contributed by atoms with Crippen LogP contribution in [0.1, 0.15) is 20.9 Å². The highest BCUT2D eigenvalue weighted by atomic mass is 35.5. The largest absolute Gasteiger partial charge is 0.395 e. The maximum Gasteiger partial charge on any atom is 0.261 e.